The molecule has 0 aromatic heterocycles. The monoisotopic (exact) mass is 507 g/mol. The molecular weight excluding hydrogens is 472 g/mol. The van der Waals surface area contributed by atoms with Crippen molar-refractivity contribution >= 4 is 17.9 Å². The molecule has 2 saturated heterocycles. The van der Waals surface area contributed by atoms with E-state index in [1.54, 1.807) is 4.90 Å². The Morgan fingerprint density at radius 2 is 1.83 bits per heavy atom. The molecule has 2 heterocycles. The first-order valence-electron chi connectivity index (χ1n) is 12.8. The number of nitrogens with one attached hydrogen (secondary N) is 1. The third-order valence-corrected chi connectivity index (χ3v) is 7.45. The van der Waals surface area contributed by atoms with Gasteiger partial charge in [0.1, 0.15) is 5.82 Å². The Labute approximate surface area is 210 Å². The number of carbonyl (C=O) groups excluding carboxylic acids is 3. The largest absolute Gasteiger partial charge is 0.490 e. The van der Waals surface area contributed by atoms with Crippen LogP contribution in [0, 0.1) is 23.0 Å². The van der Waals surface area contributed by atoms with Crippen LogP contribution in [0.5, 0.6) is 5.75 Å². The smallest absolute Gasteiger partial charge is 0.410 e. The number of halogens is 2. The highest BCUT2D eigenvalue weighted by atomic mass is 19.1. The van der Waals surface area contributed by atoms with Gasteiger partial charge in [0.2, 0.25) is 5.91 Å². The lowest BCUT2D eigenvalue weighted by Crippen LogP contribution is -2.50. The average molecular weight is 508 g/mol. The summed E-state index contributed by atoms with van der Waals surface area (Å²) in [6.45, 7) is 5.77. The Bertz CT molecular complexity index is 986. The molecule has 0 atom stereocenters. The van der Waals surface area contributed by atoms with Crippen LogP contribution in [-0.2, 0) is 9.53 Å². The Kier molecular flexibility index (Phi) is 8.00. The van der Waals surface area contributed by atoms with Gasteiger partial charge < -0.3 is 24.6 Å². The molecule has 1 aliphatic carbocycles. The zero-order chi connectivity index (χ0) is 25.9. The summed E-state index contributed by atoms with van der Waals surface area (Å²) in [5.41, 5.74) is -0.0925. The van der Waals surface area contributed by atoms with E-state index in [-0.39, 0.29) is 50.1 Å². The molecule has 4 rings (SSSR count). The summed E-state index contributed by atoms with van der Waals surface area (Å²) < 4.78 is 39.8. The minimum Gasteiger partial charge on any atom is -0.490 e. The van der Waals surface area contributed by atoms with Crippen LogP contribution in [0.4, 0.5) is 13.6 Å². The van der Waals surface area contributed by atoms with Gasteiger partial charge in [-0.1, -0.05) is 0 Å². The quantitative estimate of drug-likeness (QED) is 0.569. The van der Waals surface area contributed by atoms with E-state index in [4.69, 9.17) is 9.47 Å². The second-order valence-corrected chi connectivity index (χ2v) is 10.5. The standard InChI is InChI=1S/C26H35F2N3O5/c1-17(2)36-25(34)30-8-5-26(6-9-30)14-18(15-26)4-3-11-35-22-13-20(27)19(12-21(22)28)24(33)31-10-7-29-23(32)16-31/h12-13,17-18H,3-11,14-16H2,1-2H3,(H,29,32). The van der Waals surface area contributed by atoms with Crippen LogP contribution in [0.25, 0.3) is 0 Å². The number of piperidine rings is 1. The van der Waals surface area contributed by atoms with Gasteiger partial charge in [-0.15, -0.1) is 0 Å². The summed E-state index contributed by atoms with van der Waals surface area (Å²) in [7, 11) is 0. The fourth-order valence-corrected chi connectivity index (χ4v) is 5.56. The molecule has 198 valence electrons. The topological polar surface area (TPSA) is 88.2 Å². The van der Waals surface area contributed by atoms with Crippen LogP contribution in [0.3, 0.4) is 0 Å². The van der Waals surface area contributed by atoms with Crippen molar-refractivity contribution in [3.05, 3.63) is 29.3 Å². The Balaban J connectivity index is 1.18. The molecule has 0 radical (unpaired) electrons. The van der Waals surface area contributed by atoms with E-state index < -0.39 is 23.1 Å². The summed E-state index contributed by atoms with van der Waals surface area (Å²) in [6, 6.07) is 1.75. The van der Waals surface area contributed by atoms with Crippen molar-refractivity contribution in [2.24, 2.45) is 11.3 Å². The van der Waals surface area contributed by atoms with Gasteiger partial charge in [0, 0.05) is 32.2 Å². The molecular formula is C26H35F2N3O5. The first-order valence-corrected chi connectivity index (χ1v) is 12.8. The van der Waals surface area contributed by atoms with Gasteiger partial charge in [-0.3, -0.25) is 9.59 Å². The van der Waals surface area contributed by atoms with E-state index >= 15 is 0 Å². The van der Waals surface area contributed by atoms with Crippen LogP contribution >= 0.6 is 0 Å². The highest BCUT2D eigenvalue weighted by Gasteiger charge is 2.46. The number of hydrogen-bond donors (Lipinski definition) is 1. The maximum Gasteiger partial charge on any atom is 0.410 e. The summed E-state index contributed by atoms with van der Waals surface area (Å²) in [5.74, 6) is -2.35. The van der Waals surface area contributed by atoms with Gasteiger partial charge in [-0.2, -0.15) is 0 Å². The third kappa shape index (κ3) is 6.07. The van der Waals surface area contributed by atoms with E-state index in [9.17, 15) is 23.2 Å². The van der Waals surface area contributed by atoms with Gasteiger partial charge in [-0.25, -0.2) is 13.6 Å². The van der Waals surface area contributed by atoms with Crippen LogP contribution in [0.2, 0.25) is 0 Å². The highest BCUT2D eigenvalue weighted by Crippen LogP contribution is 2.54. The lowest BCUT2D eigenvalue weighted by atomic mass is 9.56. The molecule has 3 aliphatic rings. The molecule has 2 aliphatic heterocycles. The maximum absolute atomic E-state index is 14.5. The third-order valence-electron chi connectivity index (χ3n) is 7.45. The Morgan fingerprint density at radius 1 is 1.11 bits per heavy atom. The zero-order valence-electron chi connectivity index (χ0n) is 21.0. The van der Waals surface area contributed by atoms with Gasteiger partial charge in [0.25, 0.3) is 5.91 Å². The van der Waals surface area contributed by atoms with Crippen LogP contribution in [0.1, 0.15) is 62.7 Å². The average Bonchev–Trinajstić information content (AvgIpc) is 2.81. The molecule has 1 aromatic carbocycles. The van der Waals surface area contributed by atoms with Gasteiger partial charge in [0.15, 0.2) is 11.6 Å². The van der Waals surface area contributed by atoms with Crippen molar-refractivity contribution in [1.82, 2.24) is 15.1 Å². The number of ether oxygens (including phenoxy) is 2. The predicted octanol–water partition coefficient (Wildman–Crippen LogP) is 3.73. The minimum atomic E-state index is -0.869. The van der Waals surface area contributed by atoms with E-state index in [0.717, 1.165) is 63.7 Å². The first kappa shape index (κ1) is 26.2. The summed E-state index contributed by atoms with van der Waals surface area (Å²) in [5, 5.41) is 2.59. The molecule has 3 fully saturated rings. The molecule has 1 N–H and O–H groups in total. The number of hydrogen-bond acceptors (Lipinski definition) is 5. The number of carbonyl (C=O) groups is 3. The number of amides is 3. The van der Waals surface area contributed by atoms with Crippen molar-refractivity contribution in [2.45, 2.75) is 58.5 Å². The fraction of sp³-hybridized carbons (Fsp3) is 0.654. The minimum absolute atomic E-state index is 0.113. The number of likely N-dealkylation sites (tertiary alicyclic amines) is 1. The highest BCUT2D eigenvalue weighted by molar-refractivity contribution is 5.97. The lowest BCUT2D eigenvalue weighted by molar-refractivity contribution is -0.123. The maximum atomic E-state index is 14.5. The Hall–Kier alpha value is -2.91. The predicted molar refractivity (Wildman–Crippen MR) is 128 cm³/mol. The molecule has 3 amide bonds. The number of piperazine rings is 1. The Morgan fingerprint density at radius 3 is 2.50 bits per heavy atom. The summed E-state index contributed by atoms with van der Waals surface area (Å²) in [4.78, 5) is 39.0. The summed E-state index contributed by atoms with van der Waals surface area (Å²) >= 11 is 0. The molecule has 0 bridgehead atoms. The number of nitrogens with zero attached hydrogens (tertiary/aromatic N) is 2. The molecule has 1 spiro atoms. The van der Waals surface area contributed by atoms with Crippen molar-refractivity contribution in [1.29, 1.82) is 0 Å². The van der Waals surface area contributed by atoms with E-state index in [2.05, 4.69) is 5.32 Å². The number of rotatable bonds is 7. The van der Waals surface area contributed by atoms with E-state index in [1.807, 2.05) is 13.8 Å². The SMILES string of the molecule is CC(C)OC(=O)N1CCC2(CC1)CC(CCCOc1cc(F)c(C(=O)N3CCNC(=O)C3)cc1F)C2. The molecule has 8 nitrogen and oxygen atoms in total. The van der Waals surface area contributed by atoms with Crippen LogP contribution in [0.15, 0.2) is 12.1 Å². The van der Waals surface area contributed by atoms with Crippen molar-refractivity contribution < 1.29 is 32.6 Å². The lowest BCUT2D eigenvalue weighted by Gasteiger charge is -2.52. The zero-order valence-corrected chi connectivity index (χ0v) is 21.0. The fourth-order valence-electron chi connectivity index (χ4n) is 5.56. The number of benzene rings is 1. The molecule has 10 heteroatoms. The van der Waals surface area contributed by atoms with Crippen molar-refractivity contribution in [3.63, 3.8) is 0 Å². The molecule has 0 unspecified atom stereocenters. The van der Waals surface area contributed by atoms with Crippen molar-refractivity contribution in [3.8, 4) is 5.75 Å². The van der Waals surface area contributed by atoms with Gasteiger partial charge in [-0.05, 0) is 69.8 Å². The first-order chi connectivity index (χ1) is 17.2. The van der Waals surface area contributed by atoms with E-state index in [1.165, 1.54) is 4.90 Å². The van der Waals surface area contributed by atoms with Gasteiger partial charge >= 0.3 is 6.09 Å². The molecule has 1 aromatic rings. The molecule has 1 saturated carbocycles. The molecule has 36 heavy (non-hydrogen) atoms. The van der Waals surface area contributed by atoms with Crippen LogP contribution < -0.4 is 10.1 Å². The van der Waals surface area contributed by atoms with Crippen LogP contribution in [-0.4, -0.2) is 73.1 Å². The second-order valence-electron chi connectivity index (χ2n) is 10.5. The van der Waals surface area contributed by atoms with Crippen molar-refractivity contribution in [2.75, 3.05) is 39.3 Å². The normalized spacial score (nSPS) is 19.8. The second kappa shape index (κ2) is 11.0. The van der Waals surface area contributed by atoms with Gasteiger partial charge in [0.05, 0.1) is 24.8 Å². The van der Waals surface area contributed by atoms with E-state index in [0.29, 0.717) is 11.3 Å². The summed E-state index contributed by atoms with van der Waals surface area (Å²) in [6.07, 6.45) is 5.54.